The van der Waals surface area contributed by atoms with E-state index in [-0.39, 0.29) is 45.3 Å². The van der Waals surface area contributed by atoms with Gasteiger partial charge in [0.05, 0.1) is 0 Å². The van der Waals surface area contributed by atoms with Gasteiger partial charge in [-0.15, -0.1) is 0 Å². The summed E-state index contributed by atoms with van der Waals surface area (Å²) in [5, 5.41) is 0. The molecule has 202 valence electrons. The molecule has 3 aromatic carbocycles. The van der Waals surface area contributed by atoms with Crippen LogP contribution in [0.3, 0.4) is 0 Å². The molecule has 0 radical (unpaired) electrons. The average Bonchev–Trinajstić information content (AvgIpc) is 2.95. The van der Waals surface area contributed by atoms with Gasteiger partial charge in [0.2, 0.25) is 0 Å². The minimum atomic E-state index is -1.26. The number of hydrogen-bond acceptors (Lipinski definition) is 8. The molecule has 0 unspecified atom stereocenters. The van der Waals surface area contributed by atoms with Gasteiger partial charge < -0.3 is 18.9 Å². The fourth-order valence-corrected chi connectivity index (χ4v) is 3.27. The van der Waals surface area contributed by atoms with E-state index in [0.717, 1.165) is 24.3 Å². The number of halogens is 2. The zero-order valence-electron chi connectivity index (χ0n) is 20.8. The summed E-state index contributed by atoms with van der Waals surface area (Å²) < 4.78 is 50.9. The second-order valence-electron chi connectivity index (χ2n) is 7.61. The molecule has 3 aromatic rings. The van der Waals surface area contributed by atoms with Gasteiger partial charge in [-0.2, -0.15) is 0 Å². The largest absolute Gasteiger partial charge is 0.419 e. The summed E-state index contributed by atoms with van der Waals surface area (Å²) in [5.74, 6) is -6.81. The van der Waals surface area contributed by atoms with E-state index in [1.807, 2.05) is 0 Å². The topological polar surface area (TPSA) is 105 Å². The highest BCUT2D eigenvalue weighted by Gasteiger charge is 2.21. The van der Waals surface area contributed by atoms with Gasteiger partial charge in [-0.3, -0.25) is 0 Å². The number of esters is 4. The van der Waals surface area contributed by atoms with Gasteiger partial charge in [0.25, 0.3) is 0 Å². The molecule has 0 fully saturated rings. The normalized spacial score (nSPS) is 10.1. The van der Waals surface area contributed by atoms with Crippen LogP contribution >= 0.6 is 0 Å². The van der Waals surface area contributed by atoms with Crippen LogP contribution in [0.2, 0.25) is 0 Å². The Balaban J connectivity index is 2.07. The Morgan fingerprint density at radius 1 is 0.500 bits per heavy atom. The van der Waals surface area contributed by atoms with Crippen molar-refractivity contribution in [1.29, 1.82) is 0 Å². The molecule has 8 nitrogen and oxygen atoms in total. The number of rotatable bonds is 10. The third-order valence-corrected chi connectivity index (χ3v) is 5.10. The van der Waals surface area contributed by atoms with Crippen molar-refractivity contribution in [3.63, 3.8) is 0 Å². The van der Waals surface area contributed by atoms with Crippen LogP contribution < -0.4 is 18.9 Å². The number of carbonyl (C=O) groups is 4. The Morgan fingerprint density at radius 3 is 1.10 bits per heavy atom. The SMILES string of the molecule is C=CC(=O)Oc1ccc(-c2ccc(-c3ccc(OC(=O)C=C)c(OC(=O)C=C)c3)c(F)c2F)cc1OC(=O)C=C. The van der Waals surface area contributed by atoms with Crippen LogP contribution in [0, 0.1) is 11.6 Å². The molecular formula is C30H20F2O8. The van der Waals surface area contributed by atoms with Crippen LogP contribution in [0.5, 0.6) is 23.0 Å². The monoisotopic (exact) mass is 546 g/mol. The maximum atomic E-state index is 15.3. The van der Waals surface area contributed by atoms with Crippen molar-refractivity contribution < 1.29 is 46.9 Å². The van der Waals surface area contributed by atoms with Crippen molar-refractivity contribution in [2.24, 2.45) is 0 Å². The lowest BCUT2D eigenvalue weighted by atomic mass is 9.98. The molecule has 0 aliphatic rings. The van der Waals surface area contributed by atoms with Crippen LogP contribution in [-0.2, 0) is 19.2 Å². The van der Waals surface area contributed by atoms with Crippen LogP contribution in [0.4, 0.5) is 8.78 Å². The molecule has 0 heterocycles. The van der Waals surface area contributed by atoms with Gasteiger partial charge in [-0.05, 0) is 35.4 Å². The first kappa shape index (κ1) is 28.9. The predicted octanol–water partition coefficient (Wildman–Crippen LogP) is 5.66. The third kappa shape index (κ3) is 6.62. The van der Waals surface area contributed by atoms with Crippen molar-refractivity contribution >= 4 is 23.9 Å². The summed E-state index contributed by atoms with van der Waals surface area (Å²) >= 11 is 0. The van der Waals surface area contributed by atoms with E-state index in [1.165, 1.54) is 48.5 Å². The minimum absolute atomic E-state index is 0.0838. The lowest BCUT2D eigenvalue weighted by Crippen LogP contribution is -2.09. The Morgan fingerprint density at radius 2 is 0.800 bits per heavy atom. The molecule has 0 aliphatic carbocycles. The van der Waals surface area contributed by atoms with Crippen LogP contribution in [0.15, 0.2) is 99.2 Å². The summed E-state index contributed by atoms with van der Waals surface area (Å²) in [6.45, 7) is 13.1. The summed E-state index contributed by atoms with van der Waals surface area (Å²) in [6.07, 6.45) is 3.51. The van der Waals surface area contributed by atoms with E-state index in [1.54, 1.807) is 0 Å². The highest BCUT2D eigenvalue weighted by atomic mass is 19.2. The summed E-state index contributed by atoms with van der Waals surface area (Å²) in [5.41, 5.74) is -0.261. The van der Waals surface area contributed by atoms with Crippen LogP contribution in [0.25, 0.3) is 22.3 Å². The standard InChI is InChI=1S/C30H20F2O8/c1-5-25(33)37-21-13-9-17(15-23(21)39-27(35)7-3)19-11-12-20(30(32)29(19)31)18-10-14-22(38-26(34)6-2)24(16-18)40-28(36)8-4/h5-16H,1-4H2. The lowest BCUT2D eigenvalue weighted by Gasteiger charge is -2.14. The molecule has 0 amide bonds. The average molecular weight is 546 g/mol. The van der Waals surface area contributed by atoms with Crippen molar-refractivity contribution in [3.05, 3.63) is 111 Å². The quantitative estimate of drug-likeness (QED) is 0.182. The fraction of sp³-hybridized carbons (Fsp3) is 0. The molecular weight excluding hydrogens is 526 g/mol. The Hall–Kier alpha value is -5.64. The summed E-state index contributed by atoms with van der Waals surface area (Å²) in [7, 11) is 0. The van der Waals surface area contributed by atoms with Crippen molar-refractivity contribution in [2.45, 2.75) is 0 Å². The molecule has 0 N–H and O–H groups in total. The van der Waals surface area contributed by atoms with E-state index in [2.05, 4.69) is 26.3 Å². The molecule has 0 aliphatic heterocycles. The van der Waals surface area contributed by atoms with Gasteiger partial charge in [0, 0.05) is 35.4 Å². The van der Waals surface area contributed by atoms with E-state index in [0.29, 0.717) is 0 Å². The minimum Gasteiger partial charge on any atom is -0.419 e. The maximum absolute atomic E-state index is 15.3. The molecule has 0 spiro atoms. The molecule has 3 rings (SSSR count). The highest BCUT2D eigenvalue weighted by molar-refractivity contribution is 5.88. The van der Waals surface area contributed by atoms with Gasteiger partial charge in [0.15, 0.2) is 34.6 Å². The molecule has 0 saturated heterocycles. The number of carbonyl (C=O) groups excluding carboxylic acids is 4. The number of ether oxygens (including phenoxy) is 4. The predicted molar refractivity (Wildman–Crippen MR) is 141 cm³/mol. The first-order valence-electron chi connectivity index (χ1n) is 11.3. The second-order valence-corrected chi connectivity index (χ2v) is 7.61. The van der Waals surface area contributed by atoms with Crippen molar-refractivity contribution in [3.8, 4) is 45.3 Å². The van der Waals surface area contributed by atoms with Gasteiger partial charge >= 0.3 is 23.9 Å². The van der Waals surface area contributed by atoms with Crippen LogP contribution in [-0.4, -0.2) is 23.9 Å². The zero-order valence-corrected chi connectivity index (χ0v) is 20.8. The van der Waals surface area contributed by atoms with Crippen LogP contribution in [0.1, 0.15) is 0 Å². The molecule has 0 aromatic heterocycles. The van der Waals surface area contributed by atoms with Gasteiger partial charge in [-0.1, -0.05) is 50.6 Å². The molecule has 40 heavy (non-hydrogen) atoms. The first-order valence-corrected chi connectivity index (χ1v) is 11.3. The maximum Gasteiger partial charge on any atom is 0.335 e. The number of hydrogen-bond donors (Lipinski definition) is 0. The van der Waals surface area contributed by atoms with Gasteiger partial charge in [0.1, 0.15) is 0 Å². The fourth-order valence-electron chi connectivity index (χ4n) is 3.27. The van der Waals surface area contributed by atoms with Crippen molar-refractivity contribution in [2.75, 3.05) is 0 Å². The van der Waals surface area contributed by atoms with E-state index in [4.69, 9.17) is 18.9 Å². The smallest absolute Gasteiger partial charge is 0.335 e. The second kappa shape index (κ2) is 12.7. The Bertz CT molecular complexity index is 1460. The highest BCUT2D eigenvalue weighted by Crippen LogP contribution is 2.39. The molecule has 0 bridgehead atoms. The molecule has 0 saturated carbocycles. The Kier molecular flexibility index (Phi) is 9.21. The number of benzene rings is 3. The van der Waals surface area contributed by atoms with Crippen molar-refractivity contribution in [1.82, 2.24) is 0 Å². The first-order chi connectivity index (χ1) is 19.1. The zero-order chi connectivity index (χ0) is 29.4. The third-order valence-electron chi connectivity index (χ3n) is 5.10. The molecule has 10 heteroatoms. The van der Waals surface area contributed by atoms with E-state index >= 15 is 8.78 Å². The Labute approximate surface area is 227 Å². The lowest BCUT2D eigenvalue weighted by molar-refractivity contribution is -0.131. The van der Waals surface area contributed by atoms with Gasteiger partial charge in [-0.25, -0.2) is 28.0 Å². The molecule has 0 atom stereocenters. The van der Waals surface area contributed by atoms with E-state index < -0.39 is 35.5 Å². The van der Waals surface area contributed by atoms with E-state index in [9.17, 15) is 19.2 Å². The summed E-state index contributed by atoms with van der Waals surface area (Å²) in [6, 6.07) is 10.0. The summed E-state index contributed by atoms with van der Waals surface area (Å²) in [4.78, 5) is 46.8.